The maximum absolute atomic E-state index is 12.9. The number of aryl methyl sites for hydroxylation is 1. The molecule has 0 amide bonds. The highest BCUT2D eigenvalue weighted by Crippen LogP contribution is 2.28. The van der Waals surface area contributed by atoms with Gasteiger partial charge in [0.15, 0.2) is 0 Å². The zero-order valence-electron chi connectivity index (χ0n) is 8.85. The minimum atomic E-state index is -0.784. The summed E-state index contributed by atoms with van der Waals surface area (Å²) in [5.41, 5.74) is 0.490. The Kier molecular flexibility index (Phi) is 3.31. The van der Waals surface area contributed by atoms with Crippen LogP contribution in [-0.4, -0.2) is 10.1 Å². The lowest BCUT2D eigenvalue weighted by Crippen LogP contribution is -1.98. The van der Waals surface area contributed by atoms with E-state index in [1.54, 1.807) is 11.3 Å². The minimum absolute atomic E-state index is 0.427. The van der Waals surface area contributed by atoms with Crippen LogP contribution in [0, 0.1) is 5.82 Å². The molecule has 2 nitrogen and oxygen atoms in total. The Bertz CT molecular complexity index is 483. The lowest BCUT2D eigenvalue weighted by Gasteiger charge is -2.07. The molecule has 0 bridgehead atoms. The fraction of sp³-hybridized carbons (Fsp3) is 0.250. The van der Waals surface area contributed by atoms with E-state index in [-0.39, 0.29) is 0 Å². The second-order valence-corrected chi connectivity index (χ2v) is 4.70. The average molecular weight is 237 g/mol. The fourth-order valence-electron chi connectivity index (χ4n) is 1.47. The van der Waals surface area contributed by atoms with Crippen LogP contribution in [0.4, 0.5) is 4.39 Å². The summed E-state index contributed by atoms with van der Waals surface area (Å²) in [6.07, 6.45) is 2.77. The molecule has 2 rings (SSSR count). The van der Waals surface area contributed by atoms with Gasteiger partial charge in [-0.25, -0.2) is 4.39 Å². The Morgan fingerprint density at radius 1 is 1.44 bits per heavy atom. The smallest absolute Gasteiger partial charge is 0.141 e. The van der Waals surface area contributed by atoms with E-state index >= 15 is 0 Å². The Labute approximate surface area is 97.4 Å². The van der Waals surface area contributed by atoms with Crippen LogP contribution >= 0.6 is 11.3 Å². The highest BCUT2D eigenvalue weighted by Gasteiger charge is 2.13. The van der Waals surface area contributed by atoms with Gasteiger partial charge in [0, 0.05) is 21.5 Å². The lowest BCUT2D eigenvalue weighted by atomic mass is 10.1. The zero-order chi connectivity index (χ0) is 11.5. The van der Waals surface area contributed by atoms with Gasteiger partial charge in [-0.15, -0.1) is 11.3 Å². The first kappa shape index (κ1) is 11.2. The molecule has 2 aromatic rings. The number of rotatable bonds is 3. The third kappa shape index (κ3) is 2.28. The van der Waals surface area contributed by atoms with Crippen molar-refractivity contribution in [1.82, 2.24) is 4.98 Å². The molecule has 0 aliphatic rings. The van der Waals surface area contributed by atoms with Gasteiger partial charge < -0.3 is 5.11 Å². The van der Waals surface area contributed by atoms with Crippen molar-refractivity contribution in [2.45, 2.75) is 19.4 Å². The van der Waals surface area contributed by atoms with Crippen LogP contribution in [0.1, 0.15) is 28.3 Å². The number of aromatic nitrogens is 1. The summed E-state index contributed by atoms with van der Waals surface area (Å²) < 4.78 is 12.9. The van der Waals surface area contributed by atoms with Crippen molar-refractivity contribution in [2.75, 3.05) is 0 Å². The van der Waals surface area contributed by atoms with Crippen molar-refractivity contribution in [3.8, 4) is 0 Å². The first-order chi connectivity index (χ1) is 7.70. The number of hydrogen-bond acceptors (Lipinski definition) is 3. The third-order valence-electron chi connectivity index (χ3n) is 2.34. The van der Waals surface area contributed by atoms with Crippen molar-refractivity contribution in [3.63, 3.8) is 0 Å². The minimum Gasteiger partial charge on any atom is -0.383 e. The molecule has 0 saturated heterocycles. The first-order valence-corrected chi connectivity index (χ1v) is 5.89. The molecule has 2 heterocycles. The van der Waals surface area contributed by atoms with Crippen LogP contribution < -0.4 is 0 Å². The second kappa shape index (κ2) is 4.72. The van der Waals surface area contributed by atoms with Gasteiger partial charge in [0.05, 0.1) is 6.20 Å². The summed E-state index contributed by atoms with van der Waals surface area (Å²) in [6.45, 7) is 2.06. The van der Waals surface area contributed by atoms with Gasteiger partial charge in [0.1, 0.15) is 11.9 Å². The van der Waals surface area contributed by atoms with E-state index in [1.165, 1.54) is 17.1 Å². The van der Waals surface area contributed by atoms with Gasteiger partial charge in [0.25, 0.3) is 0 Å². The third-order valence-corrected chi connectivity index (χ3v) is 3.62. The standard InChI is InChI=1S/C12H12FNOS/c1-2-10-3-4-11(16-10)12(15)8-5-9(13)7-14-6-8/h3-7,12,15H,2H2,1H3. The molecule has 84 valence electrons. The largest absolute Gasteiger partial charge is 0.383 e. The summed E-state index contributed by atoms with van der Waals surface area (Å²) in [5, 5.41) is 10.0. The van der Waals surface area contributed by atoms with Crippen molar-refractivity contribution in [1.29, 1.82) is 0 Å². The highest BCUT2D eigenvalue weighted by atomic mass is 32.1. The monoisotopic (exact) mass is 237 g/mol. The lowest BCUT2D eigenvalue weighted by molar-refractivity contribution is 0.223. The SMILES string of the molecule is CCc1ccc(C(O)c2cncc(F)c2)s1. The predicted molar refractivity (Wildman–Crippen MR) is 62.0 cm³/mol. The van der Waals surface area contributed by atoms with Crippen molar-refractivity contribution >= 4 is 11.3 Å². The van der Waals surface area contributed by atoms with E-state index in [2.05, 4.69) is 11.9 Å². The van der Waals surface area contributed by atoms with Gasteiger partial charge >= 0.3 is 0 Å². The van der Waals surface area contributed by atoms with Crippen molar-refractivity contribution in [2.24, 2.45) is 0 Å². The fourth-order valence-corrected chi connectivity index (χ4v) is 2.44. The number of hydrogen-bond donors (Lipinski definition) is 1. The number of thiophene rings is 1. The summed E-state index contributed by atoms with van der Waals surface area (Å²) in [7, 11) is 0. The topological polar surface area (TPSA) is 33.1 Å². The van der Waals surface area contributed by atoms with E-state index in [1.807, 2.05) is 12.1 Å². The zero-order valence-corrected chi connectivity index (χ0v) is 9.67. The molecule has 4 heteroatoms. The first-order valence-electron chi connectivity index (χ1n) is 5.08. The number of nitrogens with zero attached hydrogens (tertiary/aromatic N) is 1. The molecule has 16 heavy (non-hydrogen) atoms. The molecule has 0 aliphatic carbocycles. The molecular weight excluding hydrogens is 225 g/mol. The van der Waals surface area contributed by atoms with Crippen molar-refractivity contribution in [3.05, 3.63) is 51.7 Å². The van der Waals surface area contributed by atoms with Crippen LogP contribution in [0.2, 0.25) is 0 Å². The van der Waals surface area contributed by atoms with E-state index in [4.69, 9.17) is 0 Å². The highest BCUT2D eigenvalue weighted by molar-refractivity contribution is 7.12. The van der Waals surface area contributed by atoms with Gasteiger partial charge in [-0.3, -0.25) is 4.98 Å². The van der Waals surface area contributed by atoms with E-state index in [9.17, 15) is 9.50 Å². The Morgan fingerprint density at radius 3 is 2.88 bits per heavy atom. The van der Waals surface area contributed by atoms with Crippen LogP contribution in [0.5, 0.6) is 0 Å². The van der Waals surface area contributed by atoms with E-state index < -0.39 is 11.9 Å². The molecule has 0 aromatic carbocycles. The summed E-state index contributed by atoms with van der Waals surface area (Å²) >= 11 is 1.54. The maximum atomic E-state index is 12.9. The van der Waals surface area contributed by atoms with Gasteiger partial charge in [0.2, 0.25) is 0 Å². The van der Waals surface area contributed by atoms with Gasteiger partial charge in [-0.2, -0.15) is 0 Å². The Balaban J connectivity index is 2.27. The Morgan fingerprint density at radius 2 is 2.25 bits per heavy atom. The quantitative estimate of drug-likeness (QED) is 0.890. The van der Waals surface area contributed by atoms with Crippen LogP contribution in [-0.2, 0) is 6.42 Å². The molecule has 2 aromatic heterocycles. The van der Waals surface area contributed by atoms with Crippen LogP contribution in [0.3, 0.4) is 0 Å². The van der Waals surface area contributed by atoms with E-state index in [0.29, 0.717) is 5.56 Å². The Hall–Kier alpha value is -1.26. The molecule has 0 radical (unpaired) electrons. The number of aliphatic hydroxyl groups is 1. The molecular formula is C12H12FNOS. The van der Waals surface area contributed by atoms with Crippen LogP contribution in [0.25, 0.3) is 0 Å². The van der Waals surface area contributed by atoms with Gasteiger partial charge in [-0.05, 0) is 24.6 Å². The van der Waals surface area contributed by atoms with Crippen molar-refractivity contribution < 1.29 is 9.50 Å². The number of halogens is 1. The molecule has 0 spiro atoms. The molecule has 1 atom stereocenters. The average Bonchev–Trinajstić information content (AvgIpc) is 2.76. The van der Waals surface area contributed by atoms with Crippen LogP contribution in [0.15, 0.2) is 30.6 Å². The predicted octanol–water partition coefficient (Wildman–Crippen LogP) is 2.93. The summed E-state index contributed by atoms with van der Waals surface area (Å²) in [4.78, 5) is 5.76. The molecule has 0 fully saturated rings. The number of aliphatic hydroxyl groups excluding tert-OH is 1. The summed E-state index contributed by atoms with van der Waals surface area (Å²) in [6, 6.07) is 5.16. The molecule has 0 aliphatic heterocycles. The molecule has 1 unspecified atom stereocenters. The number of pyridine rings is 1. The maximum Gasteiger partial charge on any atom is 0.141 e. The second-order valence-electron chi connectivity index (χ2n) is 3.50. The van der Waals surface area contributed by atoms with Gasteiger partial charge in [-0.1, -0.05) is 6.92 Å². The normalized spacial score (nSPS) is 12.7. The molecule has 1 N–H and O–H groups in total. The summed E-state index contributed by atoms with van der Waals surface area (Å²) in [5.74, 6) is -0.427. The molecule has 0 saturated carbocycles. The van der Waals surface area contributed by atoms with E-state index in [0.717, 1.165) is 17.5 Å².